The fourth-order valence-corrected chi connectivity index (χ4v) is 5.10. The minimum absolute atomic E-state index is 0.0650. The molecule has 4 nitrogen and oxygen atoms in total. The summed E-state index contributed by atoms with van der Waals surface area (Å²) in [5.74, 6) is 0.800. The average Bonchev–Trinajstić information content (AvgIpc) is 3.01. The van der Waals surface area contributed by atoms with Crippen LogP contribution < -0.4 is 4.74 Å². The van der Waals surface area contributed by atoms with E-state index in [1.807, 2.05) is 42.2 Å². The number of benzene rings is 3. The van der Waals surface area contributed by atoms with E-state index in [-0.39, 0.29) is 11.9 Å². The Morgan fingerprint density at radius 1 is 0.781 bits per heavy atom. The van der Waals surface area contributed by atoms with Crippen molar-refractivity contribution >= 4 is 5.91 Å². The van der Waals surface area contributed by atoms with Crippen LogP contribution in [0.3, 0.4) is 0 Å². The van der Waals surface area contributed by atoms with Crippen molar-refractivity contribution in [2.75, 3.05) is 26.2 Å². The van der Waals surface area contributed by atoms with Crippen LogP contribution in [0.15, 0.2) is 78.9 Å². The van der Waals surface area contributed by atoms with Gasteiger partial charge in [0.2, 0.25) is 0 Å². The Morgan fingerprint density at radius 2 is 1.31 bits per heavy atom. The molecular weight excluding hydrogens is 396 g/mol. The summed E-state index contributed by atoms with van der Waals surface area (Å²) in [5, 5.41) is 0. The van der Waals surface area contributed by atoms with Crippen LogP contribution in [0.25, 0.3) is 0 Å². The van der Waals surface area contributed by atoms with Gasteiger partial charge in [-0.1, -0.05) is 66.7 Å². The number of piperazine rings is 1. The Morgan fingerprint density at radius 3 is 1.91 bits per heavy atom. The number of para-hydroxylation sites is 1. The van der Waals surface area contributed by atoms with E-state index >= 15 is 0 Å². The van der Waals surface area contributed by atoms with Crippen LogP contribution in [-0.4, -0.2) is 48.0 Å². The number of hydrogen-bond acceptors (Lipinski definition) is 3. The highest BCUT2D eigenvalue weighted by atomic mass is 16.5. The van der Waals surface area contributed by atoms with E-state index in [4.69, 9.17) is 4.74 Å². The second-order valence-corrected chi connectivity index (χ2v) is 8.73. The lowest BCUT2D eigenvalue weighted by Gasteiger charge is -2.40. The molecule has 3 aromatic carbocycles. The van der Waals surface area contributed by atoms with Gasteiger partial charge in [-0.3, -0.25) is 9.69 Å². The molecule has 2 aliphatic rings. The highest BCUT2D eigenvalue weighted by molar-refractivity contribution is 5.81. The largest absolute Gasteiger partial charge is 0.481 e. The number of fused-ring (bicyclic) bond motifs is 2. The van der Waals surface area contributed by atoms with Crippen molar-refractivity contribution in [3.05, 3.63) is 101 Å². The predicted molar refractivity (Wildman–Crippen MR) is 127 cm³/mol. The fraction of sp³-hybridized carbons (Fsp3) is 0.321. The quantitative estimate of drug-likeness (QED) is 0.616. The molecule has 1 aliphatic heterocycles. The Bertz CT molecular complexity index is 1030. The summed E-state index contributed by atoms with van der Waals surface area (Å²) >= 11 is 0. The summed E-state index contributed by atoms with van der Waals surface area (Å²) in [7, 11) is 0. The summed E-state index contributed by atoms with van der Waals surface area (Å²) in [6.45, 7) is 5.01. The zero-order chi connectivity index (χ0) is 21.9. The molecule has 0 radical (unpaired) electrons. The lowest BCUT2D eigenvalue weighted by molar-refractivity contribution is -0.140. The van der Waals surface area contributed by atoms with Gasteiger partial charge in [-0.15, -0.1) is 0 Å². The smallest absolute Gasteiger partial charge is 0.263 e. The number of ether oxygens (including phenoxy) is 1. The first-order valence-electron chi connectivity index (χ1n) is 11.6. The van der Waals surface area contributed by atoms with E-state index < -0.39 is 6.10 Å². The van der Waals surface area contributed by atoms with E-state index in [1.54, 1.807) is 0 Å². The molecule has 0 spiro atoms. The van der Waals surface area contributed by atoms with Crippen LogP contribution in [0.5, 0.6) is 5.75 Å². The van der Waals surface area contributed by atoms with Crippen molar-refractivity contribution in [2.45, 2.75) is 31.9 Å². The lowest BCUT2D eigenvalue weighted by atomic mass is 9.92. The number of carbonyl (C=O) groups excluding carboxylic acids is 1. The minimum Gasteiger partial charge on any atom is -0.481 e. The molecule has 0 saturated carbocycles. The van der Waals surface area contributed by atoms with Crippen molar-refractivity contribution < 1.29 is 9.53 Å². The average molecular weight is 427 g/mol. The van der Waals surface area contributed by atoms with E-state index in [1.165, 1.54) is 22.3 Å². The van der Waals surface area contributed by atoms with Gasteiger partial charge < -0.3 is 9.64 Å². The molecule has 3 aromatic rings. The number of hydrogen-bond donors (Lipinski definition) is 0. The zero-order valence-corrected chi connectivity index (χ0v) is 18.6. The maximum absolute atomic E-state index is 13.0. The molecule has 164 valence electrons. The lowest BCUT2D eigenvalue weighted by Crippen LogP contribution is -2.52. The Balaban J connectivity index is 1.32. The van der Waals surface area contributed by atoms with Gasteiger partial charge in [0.15, 0.2) is 6.10 Å². The number of nitrogens with zero attached hydrogens (tertiary/aromatic N) is 2. The molecule has 1 saturated heterocycles. The summed E-state index contributed by atoms with van der Waals surface area (Å²) in [5.41, 5.74) is 5.71. The normalized spacial score (nSPS) is 17.7. The fourth-order valence-electron chi connectivity index (χ4n) is 5.10. The van der Waals surface area contributed by atoms with Gasteiger partial charge in [0.25, 0.3) is 5.91 Å². The molecule has 1 amide bonds. The van der Waals surface area contributed by atoms with Crippen molar-refractivity contribution in [3.63, 3.8) is 0 Å². The number of aryl methyl sites for hydroxylation is 2. The number of rotatable bonds is 4. The van der Waals surface area contributed by atoms with Gasteiger partial charge in [-0.05, 0) is 54.2 Å². The first-order valence-corrected chi connectivity index (χ1v) is 11.6. The second-order valence-electron chi connectivity index (χ2n) is 8.73. The standard InChI is InChI=1S/C28H30N2O2/c1-21(32-24-11-3-2-4-12-24)28(31)30-19-17-29(18-20-30)27-25-13-7-5-9-22(25)15-16-23-10-6-8-14-26(23)27/h2-14,21,27H,15-20H2,1H3/t21-/m0/s1. The first-order chi connectivity index (χ1) is 15.7. The van der Waals surface area contributed by atoms with Crippen LogP contribution >= 0.6 is 0 Å². The van der Waals surface area contributed by atoms with Crippen molar-refractivity contribution in [1.82, 2.24) is 9.80 Å². The number of amides is 1. The second kappa shape index (κ2) is 9.17. The monoisotopic (exact) mass is 426 g/mol. The van der Waals surface area contributed by atoms with Gasteiger partial charge in [-0.25, -0.2) is 0 Å². The van der Waals surface area contributed by atoms with Gasteiger partial charge in [-0.2, -0.15) is 0 Å². The maximum Gasteiger partial charge on any atom is 0.263 e. The van der Waals surface area contributed by atoms with Crippen molar-refractivity contribution in [3.8, 4) is 5.75 Å². The molecular formula is C28H30N2O2. The van der Waals surface area contributed by atoms with Crippen LogP contribution in [0.1, 0.15) is 35.2 Å². The van der Waals surface area contributed by atoms with Gasteiger partial charge in [0, 0.05) is 26.2 Å². The van der Waals surface area contributed by atoms with Gasteiger partial charge in [0.1, 0.15) is 5.75 Å². The van der Waals surface area contributed by atoms with E-state index in [0.717, 1.165) is 44.8 Å². The summed E-state index contributed by atoms with van der Waals surface area (Å²) in [6.07, 6.45) is 1.68. The van der Waals surface area contributed by atoms with Crippen LogP contribution in [-0.2, 0) is 17.6 Å². The highest BCUT2D eigenvalue weighted by Gasteiger charge is 2.33. The molecule has 4 heteroatoms. The Labute approximate surface area is 190 Å². The van der Waals surface area contributed by atoms with E-state index in [9.17, 15) is 4.79 Å². The van der Waals surface area contributed by atoms with Crippen molar-refractivity contribution in [2.24, 2.45) is 0 Å². The molecule has 32 heavy (non-hydrogen) atoms. The van der Waals surface area contributed by atoms with Crippen molar-refractivity contribution in [1.29, 1.82) is 0 Å². The molecule has 5 rings (SSSR count). The Kier molecular flexibility index (Phi) is 5.95. The third-order valence-corrected chi connectivity index (χ3v) is 6.76. The molecule has 0 unspecified atom stereocenters. The molecule has 1 heterocycles. The predicted octanol–water partition coefficient (Wildman–Crippen LogP) is 4.49. The van der Waals surface area contributed by atoms with Crippen LogP contribution in [0.4, 0.5) is 0 Å². The molecule has 1 aliphatic carbocycles. The molecule has 0 N–H and O–H groups in total. The zero-order valence-electron chi connectivity index (χ0n) is 18.6. The molecule has 0 aromatic heterocycles. The molecule has 1 atom stereocenters. The van der Waals surface area contributed by atoms with Crippen LogP contribution in [0.2, 0.25) is 0 Å². The minimum atomic E-state index is -0.483. The molecule has 1 fully saturated rings. The first kappa shape index (κ1) is 20.8. The SMILES string of the molecule is C[C@H](Oc1ccccc1)C(=O)N1CCN(C2c3ccccc3CCc3ccccc32)CC1. The van der Waals surface area contributed by atoms with E-state index in [2.05, 4.69) is 53.4 Å². The molecule has 0 bridgehead atoms. The number of carbonyl (C=O) groups is 1. The summed E-state index contributed by atoms with van der Waals surface area (Å²) in [4.78, 5) is 17.5. The summed E-state index contributed by atoms with van der Waals surface area (Å²) < 4.78 is 5.88. The Hall–Kier alpha value is -3.11. The van der Waals surface area contributed by atoms with Gasteiger partial charge in [0.05, 0.1) is 6.04 Å². The summed E-state index contributed by atoms with van der Waals surface area (Å²) in [6, 6.07) is 27.6. The third kappa shape index (κ3) is 4.15. The maximum atomic E-state index is 13.0. The highest BCUT2D eigenvalue weighted by Crippen LogP contribution is 2.37. The third-order valence-electron chi connectivity index (χ3n) is 6.76. The van der Waals surface area contributed by atoms with E-state index in [0.29, 0.717) is 0 Å². The topological polar surface area (TPSA) is 32.8 Å². The van der Waals surface area contributed by atoms with Gasteiger partial charge >= 0.3 is 0 Å². The van der Waals surface area contributed by atoms with Crippen LogP contribution in [0, 0.1) is 0 Å².